The van der Waals surface area contributed by atoms with Gasteiger partial charge in [-0.3, -0.25) is 0 Å². The fourth-order valence-corrected chi connectivity index (χ4v) is 1.69. The number of anilines is 2. The van der Waals surface area contributed by atoms with Crippen LogP contribution in [0.5, 0.6) is 0 Å². The molecule has 3 N–H and O–H groups in total. The van der Waals surface area contributed by atoms with Crippen LogP contribution in [-0.2, 0) is 12.7 Å². The van der Waals surface area contributed by atoms with Gasteiger partial charge in [-0.15, -0.1) is 0 Å². The minimum atomic E-state index is -4.35. The summed E-state index contributed by atoms with van der Waals surface area (Å²) in [7, 11) is 0. The molecule has 2 nitrogen and oxygen atoms in total. The van der Waals surface area contributed by atoms with Crippen molar-refractivity contribution in [2.24, 2.45) is 0 Å². The first-order chi connectivity index (χ1) is 9.36. The average molecular weight is 284 g/mol. The van der Waals surface area contributed by atoms with E-state index in [2.05, 4.69) is 5.32 Å². The van der Waals surface area contributed by atoms with Gasteiger partial charge in [0.2, 0.25) is 0 Å². The summed E-state index contributed by atoms with van der Waals surface area (Å²) in [6.45, 7) is 0.256. The van der Waals surface area contributed by atoms with Gasteiger partial charge in [0.15, 0.2) is 0 Å². The molecule has 0 aliphatic carbocycles. The van der Waals surface area contributed by atoms with Crippen LogP contribution in [-0.4, -0.2) is 0 Å². The Morgan fingerprint density at radius 2 is 1.65 bits per heavy atom. The van der Waals surface area contributed by atoms with Gasteiger partial charge in [-0.25, -0.2) is 4.39 Å². The topological polar surface area (TPSA) is 38.0 Å². The normalized spacial score (nSPS) is 11.4. The van der Waals surface area contributed by atoms with Crippen LogP contribution in [0, 0.1) is 5.82 Å². The van der Waals surface area contributed by atoms with E-state index in [0.29, 0.717) is 16.9 Å². The van der Waals surface area contributed by atoms with Crippen LogP contribution in [0.3, 0.4) is 0 Å². The lowest BCUT2D eigenvalue weighted by molar-refractivity contribution is -0.137. The highest BCUT2D eigenvalue weighted by molar-refractivity contribution is 5.65. The van der Waals surface area contributed by atoms with Gasteiger partial charge >= 0.3 is 6.18 Å². The maximum atomic E-state index is 13.0. The summed E-state index contributed by atoms with van der Waals surface area (Å²) in [5.74, 6) is -0.436. The molecule has 2 aromatic carbocycles. The van der Waals surface area contributed by atoms with Crippen LogP contribution >= 0.6 is 0 Å². The molecule has 0 saturated carbocycles. The highest BCUT2D eigenvalue weighted by Crippen LogP contribution is 2.29. The summed E-state index contributed by atoms with van der Waals surface area (Å²) in [5, 5.41) is 2.88. The van der Waals surface area contributed by atoms with E-state index < -0.39 is 17.6 Å². The number of benzene rings is 2. The van der Waals surface area contributed by atoms with Gasteiger partial charge < -0.3 is 11.1 Å². The quantitative estimate of drug-likeness (QED) is 0.659. The predicted molar refractivity (Wildman–Crippen MR) is 69.6 cm³/mol. The van der Waals surface area contributed by atoms with Crippen molar-refractivity contribution in [3.8, 4) is 0 Å². The predicted octanol–water partition coefficient (Wildman–Crippen LogP) is 4.04. The lowest BCUT2D eigenvalue weighted by Crippen LogP contribution is -2.06. The summed E-state index contributed by atoms with van der Waals surface area (Å²) in [6, 6.07) is 8.64. The monoisotopic (exact) mass is 284 g/mol. The zero-order valence-electron chi connectivity index (χ0n) is 10.3. The zero-order valence-corrected chi connectivity index (χ0v) is 10.3. The third-order valence-electron chi connectivity index (χ3n) is 2.78. The van der Waals surface area contributed by atoms with Gasteiger partial charge in [0.25, 0.3) is 0 Å². The number of rotatable bonds is 3. The van der Waals surface area contributed by atoms with E-state index in [-0.39, 0.29) is 6.54 Å². The van der Waals surface area contributed by atoms with Crippen molar-refractivity contribution in [1.82, 2.24) is 0 Å². The first-order valence-electron chi connectivity index (χ1n) is 5.81. The van der Waals surface area contributed by atoms with Crippen molar-refractivity contribution in [2.75, 3.05) is 11.1 Å². The standard InChI is InChI=1S/C14H12F4N2/c15-11-5-6-12(19)13(7-11)20-8-9-1-3-10(4-2-9)14(16,17)18/h1-7,20H,8,19H2. The number of nitrogens with one attached hydrogen (secondary N) is 1. The first-order valence-corrected chi connectivity index (χ1v) is 5.81. The minimum absolute atomic E-state index is 0.256. The second-order valence-electron chi connectivity index (χ2n) is 4.28. The molecule has 106 valence electrons. The molecular formula is C14H12F4N2. The number of hydrogen-bond acceptors (Lipinski definition) is 2. The first kappa shape index (κ1) is 14.2. The van der Waals surface area contributed by atoms with Gasteiger partial charge in [0, 0.05) is 6.54 Å². The maximum absolute atomic E-state index is 13.0. The molecule has 0 bridgehead atoms. The number of hydrogen-bond donors (Lipinski definition) is 2. The molecule has 20 heavy (non-hydrogen) atoms. The summed E-state index contributed by atoms with van der Waals surface area (Å²) in [6.07, 6.45) is -4.35. The Morgan fingerprint density at radius 1 is 1.00 bits per heavy atom. The maximum Gasteiger partial charge on any atom is 0.416 e. The molecule has 0 atom stereocenters. The molecule has 6 heteroatoms. The van der Waals surface area contributed by atoms with Gasteiger partial charge in [0.05, 0.1) is 16.9 Å². The number of nitrogen functional groups attached to an aromatic ring is 1. The summed E-state index contributed by atoms with van der Waals surface area (Å²) >= 11 is 0. The van der Waals surface area contributed by atoms with E-state index in [0.717, 1.165) is 12.1 Å². The summed E-state index contributed by atoms with van der Waals surface area (Å²) in [4.78, 5) is 0. The van der Waals surface area contributed by atoms with Crippen molar-refractivity contribution in [3.63, 3.8) is 0 Å². The Hall–Kier alpha value is -2.24. The smallest absolute Gasteiger partial charge is 0.397 e. The second-order valence-corrected chi connectivity index (χ2v) is 4.28. The molecule has 0 fully saturated rings. The van der Waals surface area contributed by atoms with Crippen molar-refractivity contribution in [3.05, 3.63) is 59.4 Å². The van der Waals surface area contributed by atoms with Crippen LogP contribution in [0.4, 0.5) is 28.9 Å². The van der Waals surface area contributed by atoms with Crippen molar-refractivity contribution >= 4 is 11.4 Å². The Labute approximate surface area is 113 Å². The van der Waals surface area contributed by atoms with E-state index in [4.69, 9.17) is 5.73 Å². The minimum Gasteiger partial charge on any atom is -0.397 e. The molecule has 0 aromatic heterocycles. The van der Waals surface area contributed by atoms with E-state index >= 15 is 0 Å². The van der Waals surface area contributed by atoms with Crippen molar-refractivity contribution < 1.29 is 17.6 Å². The van der Waals surface area contributed by atoms with Gasteiger partial charge in [0.1, 0.15) is 5.82 Å². The molecule has 0 amide bonds. The molecule has 2 rings (SSSR count). The van der Waals surface area contributed by atoms with E-state index in [9.17, 15) is 17.6 Å². The third kappa shape index (κ3) is 3.40. The molecule has 0 spiro atoms. The van der Waals surface area contributed by atoms with Gasteiger partial charge in [-0.2, -0.15) is 13.2 Å². The van der Waals surface area contributed by atoms with Crippen LogP contribution in [0.2, 0.25) is 0 Å². The van der Waals surface area contributed by atoms with Crippen molar-refractivity contribution in [1.29, 1.82) is 0 Å². The molecule has 0 aliphatic heterocycles. The van der Waals surface area contributed by atoms with Gasteiger partial charge in [-0.1, -0.05) is 12.1 Å². The highest BCUT2D eigenvalue weighted by atomic mass is 19.4. The largest absolute Gasteiger partial charge is 0.416 e. The fraction of sp³-hybridized carbons (Fsp3) is 0.143. The molecule has 0 aliphatic rings. The van der Waals surface area contributed by atoms with Gasteiger partial charge in [-0.05, 0) is 35.9 Å². The zero-order chi connectivity index (χ0) is 14.8. The molecule has 0 saturated heterocycles. The fourth-order valence-electron chi connectivity index (χ4n) is 1.69. The number of nitrogens with two attached hydrogens (primary N) is 1. The number of halogens is 4. The number of alkyl halides is 3. The van der Waals surface area contributed by atoms with E-state index in [1.807, 2.05) is 0 Å². The molecule has 0 heterocycles. The van der Waals surface area contributed by atoms with Crippen molar-refractivity contribution in [2.45, 2.75) is 12.7 Å². The highest BCUT2D eigenvalue weighted by Gasteiger charge is 2.29. The van der Waals surface area contributed by atoms with Crippen LogP contribution in [0.25, 0.3) is 0 Å². The Bertz CT molecular complexity index is 591. The molecule has 0 radical (unpaired) electrons. The summed E-state index contributed by atoms with van der Waals surface area (Å²) in [5.41, 5.74) is 6.38. The molecule has 0 unspecified atom stereocenters. The van der Waals surface area contributed by atoms with Crippen LogP contribution < -0.4 is 11.1 Å². The summed E-state index contributed by atoms with van der Waals surface area (Å²) < 4.78 is 50.2. The second kappa shape index (κ2) is 5.40. The molecule has 2 aromatic rings. The van der Waals surface area contributed by atoms with Crippen LogP contribution in [0.15, 0.2) is 42.5 Å². The average Bonchev–Trinajstić information content (AvgIpc) is 2.39. The third-order valence-corrected chi connectivity index (χ3v) is 2.78. The SMILES string of the molecule is Nc1ccc(F)cc1NCc1ccc(C(F)(F)F)cc1. The molecular weight excluding hydrogens is 272 g/mol. The Balaban J connectivity index is 2.06. The van der Waals surface area contributed by atoms with Crippen LogP contribution in [0.1, 0.15) is 11.1 Å². The Kier molecular flexibility index (Phi) is 3.83. The Morgan fingerprint density at radius 3 is 2.25 bits per heavy atom. The van der Waals surface area contributed by atoms with E-state index in [1.165, 1.54) is 30.3 Å². The lowest BCUT2D eigenvalue weighted by atomic mass is 10.1. The van der Waals surface area contributed by atoms with E-state index in [1.54, 1.807) is 0 Å². The lowest BCUT2D eigenvalue weighted by Gasteiger charge is -2.11.